The van der Waals surface area contributed by atoms with Gasteiger partial charge in [-0.3, -0.25) is 4.79 Å². The van der Waals surface area contributed by atoms with Crippen LogP contribution >= 0.6 is 0 Å². The van der Waals surface area contributed by atoms with Crippen LogP contribution in [-0.2, 0) is 29.5 Å². The second-order valence-corrected chi connectivity index (χ2v) is 10.2. The predicted octanol–water partition coefficient (Wildman–Crippen LogP) is 2.14. The standard InChI is InChI=1S/C25H25NO4/c1-26-9-8-24-19-14-6-7-17(27)20(19)30-22(24)21(28)23(13-25(24,29)18(26)10-14)11-15-4-2-3-5-16(15)12-23/h2-7,18,22,27,29H,8-13H2,1H3/t18-,22-,24?,25+/m0/s1. The molecule has 2 aliphatic heterocycles. The maximum absolute atomic E-state index is 14.1. The number of aromatic hydroxyl groups is 1. The molecule has 2 fully saturated rings. The number of likely N-dealkylation sites (N-methyl/N-ethyl adjacent to an activating group) is 1. The number of aliphatic hydroxyl groups is 1. The molecule has 0 aromatic heterocycles. The van der Waals surface area contributed by atoms with Crippen molar-refractivity contribution < 1.29 is 19.7 Å². The molecule has 5 heteroatoms. The Hall–Kier alpha value is -2.37. The largest absolute Gasteiger partial charge is 0.504 e. The highest BCUT2D eigenvalue weighted by Crippen LogP contribution is 2.68. The number of phenols is 1. The maximum atomic E-state index is 14.1. The first-order valence-corrected chi connectivity index (χ1v) is 11.0. The average molecular weight is 403 g/mol. The number of benzene rings is 2. The second-order valence-electron chi connectivity index (χ2n) is 10.2. The summed E-state index contributed by atoms with van der Waals surface area (Å²) in [6.07, 6.45) is 2.42. The SMILES string of the molecule is CN1CCC23c4c5ccc(O)c4O[C@H]2C(=O)C2(Cc4ccccc4C2)C[C@@]3(O)[C@@H]1C5. The Bertz CT molecular complexity index is 1120. The molecular weight excluding hydrogens is 378 g/mol. The minimum Gasteiger partial charge on any atom is -0.504 e. The Labute approximate surface area is 175 Å². The summed E-state index contributed by atoms with van der Waals surface area (Å²) in [5.74, 6) is 0.615. The van der Waals surface area contributed by atoms with E-state index in [1.807, 2.05) is 18.2 Å². The van der Waals surface area contributed by atoms with Gasteiger partial charge in [0.1, 0.15) is 0 Å². The molecule has 4 atom stereocenters. The Kier molecular flexibility index (Phi) is 2.94. The number of piperidine rings is 1. The average Bonchev–Trinajstić information content (AvgIpc) is 3.26. The summed E-state index contributed by atoms with van der Waals surface area (Å²) in [5.41, 5.74) is 1.95. The van der Waals surface area contributed by atoms with Crippen LogP contribution in [0.2, 0.25) is 0 Å². The number of hydrogen-bond acceptors (Lipinski definition) is 5. The van der Waals surface area contributed by atoms with E-state index < -0.39 is 22.5 Å². The van der Waals surface area contributed by atoms with E-state index in [4.69, 9.17) is 4.74 Å². The van der Waals surface area contributed by atoms with Crippen molar-refractivity contribution >= 4 is 5.78 Å². The van der Waals surface area contributed by atoms with E-state index >= 15 is 0 Å². The molecule has 2 spiro atoms. The quantitative estimate of drug-likeness (QED) is 0.705. The highest BCUT2D eigenvalue weighted by molar-refractivity contribution is 5.96. The molecule has 1 saturated heterocycles. The van der Waals surface area contributed by atoms with Crippen molar-refractivity contribution in [2.24, 2.45) is 5.41 Å². The Morgan fingerprint density at radius 3 is 2.57 bits per heavy atom. The lowest BCUT2D eigenvalue weighted by Crippen LogP contribution is -2.79. The molecule has 2 heterocycles. The summed E-state index contributed by atoms with van der Waals surface area (Å²) in [7, 11) is 2.08. The minimum absolute atomic E-state index is 0.0611. The number of carbonyl (C=O) groups is 1. The van der Waals surface area contributed by atoms with Crippen LogP contribution in [0.4, 0.5) is 0 Å². The molecule has 30 heavy (non-hydrogen) atoms. The third kappa shape index (κ3) is 1.67. The van der Waals surface area contributed by atoms with E-state index in [2.05, 4.69) is 24.1 Å². The van der Waals surface area contributed by atoms with Crippen LogP contribution in [0, 0.1) is 5.41 Å². The van der Waals surface area contributed by atoms with Crippen molar-refractivity contribution in [3.8, 4) is 11.5 Å². The fourth-order valence-electron chi connectivity index (χ4n) is 7.79. The van der Waals surface area contributed by atoms with Crippen molar-refractivity contribution in [3.63, 3.8) is 0 Å². The van der Waals surface area contributed by atoms with Gasteiger partial charge in [-0.2, -0.15) is 0 Å². The molecule has 154 valence electrons. The summed E-state index contributed by atoms with van der Waals surface area (Å²) < 4.78 is 6.33. The number of Topliss-reactive ketones (excluding diaryl/α,β-unsaturated/α-hetero) is 1. The van der Waals surface area contributed by atoms with Crippen LogP contribution in [0.1, 0.15) is 35.1 Å². The van der Waals surface area contributed by atoms with E-state index in [0.29, 0.717) is 37.9 Å². The summed E-state index contributed by atoms with van der Waals surface area (Å²) in [5, 5.41) is 23.1. The first-order valence-electron chi connectivity index (χ1n) is 11.0. The van der Waals surface area contributed by atoms with Gasteiger partial charge in [-0.1, -0.05) is 30.3 Å². The first-order chi connectivity index (χ1) is 14.4. The zero-order chi connectivity index (χ0) is 20.5. The molecule has 0 amide bonds. The Balaban J connectivity index is 1.48. The monoisotopic (exact) mass is 403 g/mol. The number of phenolic OH excluding ortho intramolecular Hbond substituents is 1. The van der Waals surface area contributed by atoms with Crippen LogP contribution in [0.25, 0.3) is 0 Å². The van der Waals surface area contributed by atoms with Crippen molar-refractivity contribution in [1.29, 1.82) is 0 Å². The molecule has 2 aromatic rings. The summed E-state index contributed by atoms with van der Waals surface area (Å²) in [6, 6.07) is 11.8. The van der Waals surface area contributed by atoms with Gasteiger partial charge in [0.05, 0.1) is 11.0 Å². The lowest BCUT2D eigenvalue weighted by atomic mass is 9.44. The van der Waals surface area contributed by atoms with E-state index in [1.54, 1.807) is 6.07 Å². The second kappa shape index (κ2) is 5.09. The third-order valence-electron chi connectivity index (χ3n) is 9.03. The highest BCUT2D eigenvalue weighted by atomic mass is 16.5. The fraction of sp³-hybridized carbons (Fsp3) is 0.480. The van der Waals surface area contributed by atoms with Gasteiger partial charge >= 0.3 is 0 Å². The van der Waals surface area contributed by atoms with Crippen LogP contribution < -0.4 is 4.74 Å². The molecule has 5 aliphatic rings. The molecular formula is C25H25NO4. The molecule has 2 N–H and O–H groups in total. The number of likely N-dealkylation sites (tertiary alicyclic amines) is 1. The topological polar surface area (TPSA) is 70.0 Å². The molecule has 1 saturated carbocycles. The molecule has 2 aromatic carbocycles. The van der Waals surface area contributed by atoms with Gasteiger partial charge in [0, 0.05) is 17.0 Å². The van der Waals surface area contributed by atoms with E-state index in [1.165, 1.54) is 11.1 Å². The van der Waals surface area contributed by atoms with Crippen LogP contribution in [-0.4, -0.2) is 52.2 Å². The van der Waals surface area contributed by atoms with E-state index in [9.17, 15) is 15.0 Å². The van der Waals surface area contributed by atoms with Gasteiger partial charge in [0.15, 0.2) is 23.4 Å². The lowest BCUT2D eigenvalue weighted by Gasteiger charge is -2.64. The highest BCUT2D eigenvalue weighted by Gasteiger charge is 2.77. The van der Waals surface area contributed by atoms with Gasteiger partial charge in [0.2, 0.25) is 0 Å². The molecule has 2 bridgehead atoms. The van der Waals surface area contributed by atoms with E-state index in [0.717, 1.165) is 17.7 Å². The molecule has 5 nitrogen and oxygen atoms in total. The number of fused-ring (bicyclic) bond motifs is 1. The van der Waals surface area contributed by atoms with Crippen molar-refractivity contribution in [2.75, 3.05) is 13.6 Å². The maximum Gasteiger partial charge on any atom is 0.181 e. The third-order valence-corrected chi connectivity index (χ3v) is 9.03. The number of ketones is 1. The minimum atomic E-state index is -1.06. The van der Waals surface area contributed by atoms with Crippen molar-refractivity contribution in [3.05, 3.63) is 58.7 Å². The van der Waals surface area contributed by atoms with Gasteiger partial charge in [-0.05, 0) is 68.5 Å². The number of hydrogen-bond donors (Lipinski definition) is 2. The predicted molar refractivity (Wildman–Crippen MR) is 110 cm³/mol. The van der Waals surface area contributed by atoms with E-state index in [-0.39, 0.29) is 17.6 Å². The molecule has 0 radical (unpaired) electrons. The van der Waals surface area contributed by atoms with Gasteiger partial charge < -0.3 is 19.8 Å². The number of nitrogens with zero attached hydrogens (tertiary/aromatic N) is 1. The summed E-state index contributed by atoms with van der Waals surface area (Å²) in [6.45, 7) is 0.807. The zero-order valence-electron chi connectivity index (χ0n) is 17.0. The molecule has 7 rings (SSSR count). The lowest BCUT2D eigenvalue weighted by molar-refractivity contribution is -0.206. The van der Waals surface area contributed by atoms with Crippen molar-refractivity contribution in [2.45, 2.75) is 55.3 Å². The normalized spacial score (nSPS) is 37.1. The Morgan fingerprint density at radius 2 is 1.83 bits per heavy atom. The number of rotatable bonds is 0. The molecule has 1 unspecified atom stereocenters. The number of ether oxygens (including phenoxy) is 1. The Morgan fingerprint density at radius 1 is 1.10 bits per heavy atom. The summed E-state index contributed by atoms with van der Waals surface area (Å²) >= 11 is 0. The molecule has 3 aliphatic carbocycles. The van der Waals surface area contributed by atoms with Crippen molar-refractivity contribution in [1.82, 2.24) is 4.90 Å². The van der Waals surface area contributed by atoms with Gasteiger partial charge in [0.25, 0.3) is 0 Å². The zero-order valence-corrected chi connectivity index (χ0v) is 17.0. The van der Waals surface area contributed by atoms with Crippen LogP contribution in [0.5, 0.6) is 11.5 Å². The number of carbonyl (C=O) groups excluding carboxylic acids is 1. The summed E-state index contributed by atoms with van der Waals surface area (Å²) in [4.78, 5) is 16.4. The van der Waals surface area contributed by atoms with Gasteiger partial charge in [-0.25, -0.2) is 0 Å². The smallest absolute Gasteiger partial charge is 0.181 e. The fourth-order valence-corrected chi connectivity index (χ4v) is 7.79. The van der Waals surface area contributed by atoms with Crippen LogP contribution in [0.3, 0.4) is 0 Å². The van der Waals surface area contributed by atoms with Gasteiger partial charge in [-0.15, -0.1) is 0 Å². The first kappa shape index (κ1) is 17.3. The van der Waals surface area contributed by atoms with Crippen LogP contribution in [0.15, 0.2) is 36.4 Å².